The minimum atomic E-state index is -1.06. The van der Waals surface area contributed by atoms with Crippen molar-refractivity contribution in [3.05, 3.63) is 35.4 Å². The Morgan fingerprint density at radius 2 is 1.32 bits per heavy atom. The van der Waals surface area contributed by atoms with Crippen LogP contribution in [0, 0.1) is 0 Å². The standard InChI is InChI=1S/C8H6O4.C6H14N2O2/c9-7(10)5-1-2-6(4-3-5)8(11)12;7-4-2-1-3-5(8)6(9)10/h1-4H,(H,9,10)(H,11,12);5H,1-4,7-8H2,(H,9,10). The molecule has 0 aliphatic carbocycles. The highest BCUT2D eigenvalue weighted by Crippen LogP contribution is 2.03. The van der Waals surface area contributed by atoms with E-state index in [1.807, 2.05) is 0 Å². The number of carbonyl (C=O) groups is 3. The van der Waals surface area contributed by atoms with Crippen LogP contribution in [0.3, 0.4) is 0 Å². The first-order chi connectivity index (χ1) is 10.3. The Bertz CT molecular complexity index is 468. The third-order valence-electron chi connectivity index (χ3n) is 2.67. The fourth-order valence-corrected chi connectivity index (χ4v) is 1.39. The molecule has 1 unspecified atom stereocenters. The SMILES string of the molecule is NCCCCC(N)C(=O)O.O=C(O)c1ccc(C(=O)O)cc1. The van der Waals surface area contributed by atoms with Gasteiger partial charge in [-0.15, -0.1) is 0 Å². The lowest BCUT2D eigenvalue weighted by Gasteiger charge is -2.03. The Morgan fingerprint density at radius 1 is 0.909 bits per heavy atom. The molecule has 0 aliphatic rings. The first kappa shape index (κ1) is 19.6. The van der Waals surface area contributed by atoms with E-state index in [1.54, 1.807) is 0 Å². The monoisotopic (exact) mass is 312 g/mol. The van der Waals surface area contributed by atoms with Gasteiger partial charge in [0.05, 0.1) is 11.1 Å². The quantitative estimate of drug-likeness (QED) is 0.457. The van der Waals surface area contributed by atoms with Crippen LogP contribution in [0.15, 0.2) is 24.3 Å². The van der Waals surface area contributed by atoms with Gasteiger partial charge in [-0.25, -0.2) is 9.59 Å². The van der Waals surface area contributed by atoms with E-state index in [9.17, 15) is 14.4 Å². The number of aromatic carboxylic acids is 2. The van der Waals surface area contributed by atoms with Crippen molar-refractivity contribution < 1.29 is 29.7 Å². The molecule has 0 heterocycles. The summed E-state index contributed by atoms with van der Waals surface area (Å²) >= 11 is 0. The van der Waals surface area contributed by atoms with Crippen molar-refractivity contribution in [2.24, 2.45) is 11.5 Å². The number of aliphatic carboxylic acids is 1. The van der Waals surface area contributed by atoms with E-state index < -0.39 is 23.9 Å². The van der Waals surface area contributed by atoms with Gasteiger partial charge in [0.2, 0.25) is 0 Å². The van der Waals surface area contributed by atoms with Crippen LogP contribution >= 0.6 is 0 Å². The van der Waals surface area contributed by atoms with Crippen LogP contribution in [0.25, 0.3) is 0 Å². The maximum Gasteiger partial charge on any atom is 0.335 e. The zero-order chi connectivity index (χ0) is 17.1. The van der Waals surface area contributed by atoms with E-state index in [-0.39, 0.29) is 11.1 Å². The topological polar surface area (TPSA) is 164 Å². The van der Waals surface area contributed by atoms with Gasteiger partial charge in [-0.2, -0.15) is 0 Å². The fourth-order valence-electron chi connectivity index (χ4n) is 1.39. The average molecular weight is 312 g/mol. The normalized spacial score (nSPS) is 11.0. The van der Waals surface area contributed by atoms with Gasteiger partial charge < -0.3 is 26.8 Å². The van der Waals surface area contributed by atoms with Gasteiger partial charge in [0.1, 0.15) is 6.04 Å². The summed E-state index contributed by atoms with van der Waals surface area (Å²) in [6.07, 6.45) is 2.16. The van der Waals surface area contributed by atoms with Crippen molar-refractivity contribution in [3.63, 3.8) is 0 Å². The second kappa shape index (κ2) is 10.3. The Labute approximate surface area is 127 Å². The molecule has 7 N–H and O–H groups in total. The molecule has 1 aromatic rings. The summed E-state index contributed by atoms with van der Waals surface area (Å²) in [4.78, 5) is 30.8. The molecule has 8 heteroatoms. The summed E-state index contributed by atoms with van der Waals surface area (Å²) in [7, 11) is 0. The van der Waals surface area contributed by atoms with Crippen molar-refractivity contribution in [1.82, 2.24) is 0 Å². The van der Waals surface area contributed by atoms with Crippen LogP contribution in [0.1, 0.15) is 40.0 Å². The molecule has 0 saturated heterocycles. The summed E-state index contributed by atoms with van der Waals surface area (Å²) in [6.45, 7) is 0.604. The molecule has 0 aliphatic heterocycles. The minimum Gasteiger partial charge on any atom is -0.480 e. The van der Waals surface area contributed by atoms with E-state index in [1.165, 1.54) is 24.3 Å². The highest BCUT2D eigenvalue weighted by atomic mass is 16.4. The van der Waals surface area contributed by atoms with E-state index in [4.69, 9.17) is 26.8 Å². The van der Waals surface area contributed by atoms with Crippen LogP contribution in [0.5, 0.6) is 0 Å². The van der Waals surface area contributed by atoms with Gasteiger partial charge in [0.15, 0.2) is 0 Å². The van der Waals surface area contributed by atoms with Gasteiger partial charge in [0, 0.05) is 0 Å². The maximum atomic E-state index is 10.3. The van der Waals surface area contributed by atoms with Crippen LogP contribution in [0.2, 0.25) is 0 Å². The number of benzene rings is 1. The van der Waals surface area contributed by atoms with Crippen LogP contribution in [-0.4, -0.2) is 45.8 Å². The summed E-state index contributed by atoms with van der Waals surface area (Å²) in [5, 5.41) is 25.3. The number of nitrogens with two attached hydrogens (primary N) is 2. The highest BCUT2D eigenvalue weighted by Gasteiger charge is 2.09. The second-order valence-electron chi connectivity index (χ2n) is 4.42. The van der Waals surface area contributed by atoms with Crippen molar-refractivity contribution in [2.45, 2.75) is 25.3 Å². The number of carboxylic acid groups (broad SMARTS) is 3. The van der Waals surface area contributed by atoms with Gasteiger partial charge >= 0.3 is 17.9 Å². The zero-order valence-electron chi connectivity index (χ0n) is 11.9. The highest BCUT2D eigenvalue weighted by molar-refractivity contribution is 5.91. The van der Waals surface area contributed by atoms with E-state index in [0.717, 1.165) is 12.8 Å². The minimum absolute atomic E-state index is 0.0833. The van der Waals surface area contributed by atoms with Crippen molar-refractivity contribution >= 4 is 17.9 Å². The first-order valence-electron chi connectivity index (χ1n) is 6.54. The van der Waals surface area contributed by atoms with E-state index >= 15 is 0 Å². The molecule has 0 fully saturated rings. The Kier molecular flexibility index (Phi) is 9.15. The lowest BCUT2D eigenvalue weighted by atomic mass is 10.1. The van der Waals surface area contributed by atoms with Gasteiger partial charge in [-0.05, 0) is 43.7 Å². The molecule has 8 nitrogen and oxygen atoms in total. The first-order valence-corrected chi connectivity index (χ1v) is 6.54. The second-order valence-corrected chi connectivity index (χ2v) is 4.42. The van der Waals surface area contributed by atoms with Crippen LogP contribution in [-0.2, 0) is 4.79 Å². The molecular formula is C14H20N2O6. The van der Waals surface area contributed by atoms with Crippen molar-refractivity contribution in [1.29, 1.82) is 0 Å². The smallest absolute Gasteiger partial charge is 0.335 e. The average Bonchev–Trinajstić information content (AvgIpc) is 2.48. The third kappa shape index (κ3) is 7.98. The molecule has 0 spiro atoms. The predicted molar refractivity (Wildman–Crippen MR) is 78.9 cm³/mol. The molecule has 22 heavy (non-hydrogen) atoms. The number of carboxylic acids is 3. The van der Waals surface area contributed by atoms with Crippen molar-refractivity contribution in [2.75, 3.05) is 6.54 Å². The number of unbranched alkanes of at least 4 members (excludes halogenated alkanes) is 1. The lowest BCUT2D eigenvalue weighted by Crippen LogP contribution is -2.29. The molecule has 1 aromatic carbocycles. The van der Waals surface area contributed by atoms with E-state index in [2.05, 4.69) is 0 Å². The zero-order valence-corrected chi connectivity index (χ0v) is 11.9. The molecular weight excluding hydrogens is 292 g/mol. The predicted octanol–water partition coefficient (Wildman–Crippen LogP) is 0.610. The summed E-state index contributed by atoms with van der Waals surface area (Å²) in [6, 6.07) is 4.31. The molecule has 0 amide bonds. The number of hydrogen-bond donors (Lipinski definition) is 5. The molecule has 0 aromatic heterocycles. The fraction of sp³-hybridized carbons (Fsp3) is 0.357. The third-order valence-corrected chi connectivity index (χ3v) is 2.67. The Hall–Kier alpha value is -2.45. The number of rotatable bonds is 7. The summed E-state index contributed by atoms with van der Waals surface area (Å²) in [5.74, 6) is -3.06. The lowest BCUT2D eigenvalue weighted by molar-refractivity contribution is -0.138. The molecule has 0 bridgehead atoms. The van der Waals surface area contributed by atoms with E-state index in [0.29, 0.717) is 13.0 Å². The molecule has 122 valence electrons. The largest absolute Gasteiger partial charge is 0.480 e. The van der Waals surface area contributed by atoms with Gasteiger partial charge in [-0.3, -0.25) is 4.79 Å². The Morgan fingerprint density at radius 3 is 1.59 bits per heavy atom. The molecule has 0 saturated carbocycles. The van der Waals surface area contributed by atoms with Crippen LogP contribution < -0.4 is 11.5 Å². The summed E-state index contributed by atoms with van der Waals surface area (Å²) in [5.41, 5.74) is 10.6. The van der Waals surface area contributed by atoms with Crippen LogP contribution in [0.4, 0.5) is 0 Å². The van der Waals surface area contributed by atoms with Gasteiger partial charge in [0.25, 0.3) is 0 Å². The molecule has 0 radical (unpaired) electrons. The van der Waals surface area contributed by atoms with Gasteiger partial charge in [-0.1, -0.05) is 6.42 Å². The molecule has 1 atom stereocenters. The maximum absolute atomic E-state index is 10.3. The Balaban J connectivity index is 0.000000409. The van der Waals surface area contributed by atoms with Crippen molar-refractivity contribution in [3.8, 4) is 0 Å². The summed E-state index contributed by atoms with van der Waals surface area (Å²) < 4.78 is 0. The number of hydrogen-bond acceptors (Lipinski definition) is 5. The molecule has 1 rings (SSSR count).